The van der Waals surface area contributed by atoms with E-state index in [1.807, 2.05) is 44.2 Å². The number of aromatic nitrogens is 2. The van der Waals surface area contributed by atoms with E-state index in [-0.39, 0.29) is 11.8 Å². The van der Waals surface area contributed by atoms with Gasteiger partial charge < -0.3 is 18.9 Å². The highest BCUT2D eigenvalue weighted by molar-refractivity contribution is 5.96. The number of rotatable bonds is 8. The average molecular weight is 421 g/mol. The third-order valence-corrected chi connectivity index (χ3v) is 5.38. The maximum Gasteiger partial charge on any atom is 0.258 e. The van der Waals surface area contributed by atoms with Crippen LogP contribution in [-0.2, 0) is 11.2 Å². The second-order valence-electron chi connectivity index (χ2n) is 7.41. The summed E-state index contributed by atoms with van der Waals surface area (Å²) in [6.45, 7) is 7.58. The van der Waals surface area contributed by atoms with E-state index in [1.54, 1.807) is 4.90 Å². The van der Waals surface area contributed by atoms with Crippen LogP contribution >= 0.6 is 0 Å². The molecule has 31 heavy (non-hydrogen) atoms. The lowest BCUT2D eigenvalue weighted by atomic mass is 10.1. The van der Waals surface area contributed by atoms with Crippen LogP contribution in [0.4, 0.5) is 5.69 Å². The number of nitrogens with zero attached hydrogens (tertiary/aromatic N) is 3. The van der Waals surface area contributed by atoms with E-state index in [9.17, 15) is 4.79 Å². The monoisotopic (exact) mass is 421 g/mol. The summed E-state index contributed by atoms with van der Waals surface area (Å²) in [4.78, 5) is 19.0. The number of anilines is 1. The van der Waals surface area contributed by atoms with E-state index < -0.39 is 0 Å². The van der Waals surface area contributed by atoms with Gasteiger partial charge in [-0.25, -0.2) is 0 Å². The minimum absolute atomic E-state index is 0.0697. The third kappa shape index (κ3) is 4.40. The molecule has 2 heterocycles. The zero-order chi connectivity index (χ0) is 21.8. The van der Waals surface area contributed by atoms with Gasteiger partial charge in [-0.2, -0.15) is 4.98 Å². The number of hydrogen-bond donors (Lipinski definition) is 0. The third-order valence-electron chi connectivity index (χ3n) is 5.38. The largest absolute Gasteiger partial charge is 0.490 e. The first-order valence-corrected chi connectivity index (χ1v) is 10.8. The lowest BCUT2D eigenvalue weighted by molar-refractivity contribution is -0.117. The Balaban J connectivity index is 1.52. The molecule has 4 rings (SSSR count). The Bertz CT molecular complexity index is 1050. The van der Waals surface area contributed by atoms with Gasteiger partial charge in [-0.15, -0.1) is 0 Å². The topological polar surface area (TPSA) is 77.7 Å². The van der Waals surface area contributed by atoms with Crippen LogP contribution in [0.3, 0.4) is 0 Å². The zero-order valence-corrected chi connectivity index (χ0v) is 18.1. The van der Waals surface area contributed by atoms with Crippen molar-refractivity contribution in [1.82, 2.24) is 10.1 Å². The fourth-order valence-corrected chi connectivity index (χ4v) is 3.74. The van der Waals surface area contributed by atoms with E-state index in [0.29, 0.717) is 49.4 Å². The highest BCUT2D eigenvalue weighted by Crippen LogP contribution is 2.34. The Hall–Kier alpha value is -3.35. The molecule has 3 aromatic rings. The Kier molecular flexibility index (Phi) is 6.21. The molecule has 0 saturated carbocycles. The molecule has 2 aromatic carbocycles. The molecule has 1 aliphatic heterocycles. The second-order valence-corrected chi connectivity index (χ2v) is 7.41. The van der Waals surface area contributed by atoms with Crippen molar-refractivity contribution in [3.63, 3.8) is 0 Å². The molecular formula is C24H27N3O4. The maximum atomic E-state index is 12.6. The molecule has 1 aromatic heterocycles. The molecule has 0 radical (unpaired) electrons. The predicted octanol–water partition coefficient (Wildman–Crippen LogP) is 4.62. The molecule has 1 aliphatic rings. The zero-order valence-electron chi connectivity index (χ0n) is 18.1. The minimum atomic E-state index is -0.107. The van der Waals surface area contributed by atoms with Crippen molar-refractivity contribution in [2.24, 2.45) is 0 Å². The van der Waals surface area contributed by atoms with Gasteiger partial charge in [0.05, 0.1) is 13.2 Å². The molecule has 7 nitrogen and oxygen atoms in total. The molecule has 162 valence electrons. The minimum Gasteiger partial charge on any atom is -0.490 e. The second kappa shape index (κ2) is 9.20. The fraction of sp³-hybridized carbons (Fsp3) is 0.375. The smallest absolute Gasteiger partial charge is 0.258 e. The van der Waals surface area contributed by atoms with Gasteiger partial charge >= 0.3 is 0 Å². The molecule has 1 saturated heterocycles. The van der Waals surface area contributed by atoms with Crippen molar-refractivity contribution < 1.29 is 18.8 Å². The standard InChI is InChI=1S/C24H27N3O4/c1-4-16-7-10-19(11-8-16)27-15-18(14-22(27)28)23-25-24(31-26-23)17-9-12-20(29-5-2)21(13-17)30-6-3/h7-13,18H,4-6,14-15H2,1-3H3/t18-/m0/s1. The number of carbonyl (C=O) groups excluding carboxylic acids is 1. The molecule has 0 aliphatic carbocycles. The summed E-state index contributed by atoms with van der Waals surface area (Å²) >= 11 is 0. The van der Waals surface area contributed by atoms with E-state index in [0.717, 1.165) is 17.7 Å². The van der Waals surface area contributed by atoms with Gasteiger partial charge in [0.1, 0.15) is 0 Å². The van der Waals surface area contributed by atoms with Gasteiger partial charge in [-0.3, -0.25) is 4.79 Å². The lowest BCUT2D eigenvalue weighted by Gasteiger charge is -2.16. The van der Waals surface area contributed by atoms with Crippen LogP contribution in [0.15, 0.2) is 47.0 Å². The van der Waals surface area contributed by atoms with Crippen LogP contribution in [0.25, 0.3) is 11.5 Å². The van der Waals surface area contributed by atoms with Gasteiger partial charge in [0, 0.05) is 30.1 Å². The Morgan fingerprint density at radius 2 is 1.77 bits per heavy atom. The number of hydrogen-bond acceptors (Lipinski definition) is 6. The number of benzene rings is 2. The van der Waals surface area contributed by atoms with Crippen LogP contribution in [0, 0.1) is 0 Å². The molecule has 1 amide bonds. The number of aryl methyl sites for hydroxylation is 1. The summed E-state index contributed by atoms with van der Waals surface area (Å²) in [6.07, 6.45) is 1.33. The van der Waals surface area contributed by atoms with Crippen molar-refractivity contribution in [2.45, 2.75) is 39.5 Å². The van der Waals surface area contributed by atoms with Gasteiger partial charge in [0.15, 0.2) is 17.3 Å². The van der Waals surface area contributed by atoms with E-state index in [1.165, 1.54) is 5.56 Å². The number of ether oxygens (including phenoxy) is 2. The predicted molar refractivity (Wildman–Crippen MR) is 118 cm³/mol. The Morgan fingerprint density at radius 3 is 2.48 bits per heavy atom. The summed E-state index contributed by atoms with van der Waals surface area (Å²) < 4.78 is 16.8. The Labute approximate surface area is 182 Å². The van der Waals surface area contributed by atoms with Crippen molar-refractivity contribution in [3.05, 3.63) is 53.9 Å². The molecule has 0 bridgehead atoms. The quantitative estimate of drug-likeness (QED) is 0.528. The molecule has 1 atom stereocenters. The fourth-order valence-electron chi connectivity index (χ4n) is 3.74. The van der Waals surface area contributed by atoms with Gasteiger partial charge in [-0.05, 0) is 56.2 Å². The molecule has 0 spiro atoms. The lowest BCUT2D eigenvalue weighted by Crippen LogP contribution is -2.24. The summed E-state index contributed by atoms with van der Waals surface area (Å²) in [5.41, 5.74) is 2.90. The van der Waals surface area contributed by atoms with Gasteiger partial charge in [-0.1, -0.05) is 24.2 Å². The normalized spacial score (nSPS) is 16.0. The molecule has 0 unspecified atom stereocenters. The summed E-state index contributed by atoms with van der Waals surface area (Å²) in [5.74, 6) is 2.23. The van der Waals surface area contributed by atoms with Crippen molar-refractivity contribution in [2.75, 3.05) is 24.7 Å². The first kappa shape index (κ1) is 20.9. The first-order chi connectivity index (χ1) is 15.1. The van der Waals surface area contributed by atoms with Crippen LogP contribution < -0.4 is 14.4 Å². The van der Waals surface area contributed by atoms with E-state index in [2.05, 4.69) is 29.2 Å². The highest BCUT2D eigenvalue weighted by atomic mass is 16.5. The van der Waals surface area contributed by atoms with Crippen LogP contribution in [0.5, 0.6) is 11.5 Å². The van der Waals surface area contributed by atoms with Crippen molar-refractivity contribution in [3.8, 4) is 23.0 Å². The molecular weight excluding hydrogens is 394 g/mol. The SMILES string of the molecule is CCOc1ccc(-c2nc([C@H]3CC(=O)N(c4ccc(CC)cc4)C3)no2)cc1OCC. The van der Waals surface area contributed by atoms with Crippen LogP contribution in [-0.4, -0.2) is 35.8 Å². The van der Waals surface area contributed by atoms with Gasteiger partial charge in [0.25, 0.3) is 5.89 Å². The Morgan fingerprint density at radius 1 is 1.03 bits per heavy atom. The number of carbonyl (C=O) groups is 1. The maximum absolute atomic E-state index is 12.6. The molecule has 0 N–H and O–H groups in total. The molecule has 7 heteroatoms. The van der Waals surface area contributed by atoms with Crippen LogP contribution in [0.1, 0.15) is 44.5 Å². The van der Waals surface area contributed by atoms with Crippen LogP contribution in [0.2, 0.25) is 0 Å². The highest BCUT2D eigenvalue weighted by Gasteiger charge is 2.34. The summed E-state index contributed by atoms with van der Waals surface area (Å²) in [5, 5.41) is 4.16. The van der Waals surface area contributed by atoms with Crippen molar-refractivity contribution in [1.29, 1.82) is 0 Å². The number of amides is 1. The summed E-state index contributed by atoms with van der Waals surface area (Å²) in [7, 11) is 0. The summed E-state index contributed by atoms with van der Waals surface area (Å²) in [6, 6.07) is 13.7. The van der Waals surface area contributed by atoms with Crippen molar-refractivity contribution >= 4 is 11.6 Å². The molecule has 1 fully saturated rings. The van der Waals surface area contributed by atoms with E-state index >= 15 is 0 Å². The van der Waals surface area contributed by atoms with Gasteiger partial charge in [0.2, 0.25) is 5.91 Å². The average Bonchev–Trinajstić information content (AvgIpc) is 3.42. The first-order valence-electron chi connectivity index (χ1n) is 10.8. The van der Waals surface area contributed by atoms with E-state index in [4.69, 9.17) is 14.0 Å².